The third-order valence-electron chi connectivity index (χ3n) is 6.41. The van der Waals surface area contributed by atoms with Gasteiger partial charge in [-0.1, -0.05) is 69.2 Å². The molecule has 1 saturated carbocycles. The molecule has 2 aromatic rings. The Kier molecular flexibility index (Phi) is 7.90. The van der Waals surface area contributed by atoms with E-state index in [4.69, 9.17) is 0 Å². The Bertz CT molecular complexity index is 722. The lowest BCUT2D eigenvalue weighted by Crippen LogP contribution is -2.27. The van der Waals surface area contributed by atoms with E-state index in [0.29, 0.717) is 0 Å². The molecule has 0 heterocycles. The van der Waals surface area contributed by atoms with E-state index in [1.807, 2.05) is 13.8 Å². The topological polar surface area (TPSA) is 0 Å². The van der Waals surface area contributed by atoms with E-state index in [2.05, 4.69) is 70.3 Å². The minimum absolute atomic E-state index is 0.834. The lowest BCUT2D eigenvalue weighted by Gasteiger charge is -2.40. The summed E-state index contributed by atoms with van der Waals surface area (Å²) >= 11 is 0. The van der Waals surface area contributed by atoms with Crippen molar-refractivity contribution in [3.8, 4) is 11.1 Å². The first-order chi connectivity index (χ1) is 13.1. The van der Waals surface area contributed by atoms with E-state index in [-0.39, 0.29) is 0 Å². The molecule has 0 N–H and O–H groups in total. The van der Waals surface area contributed by atoms with Gasteiger partial charge in [-0.05, 0) is 85.1 Å². The first kappa shape index (κ1) is 21.5. The molecule has 2 aliphatic carbocycles. The van der Waals surface area contributed by atoms with Gasteiger partial charge in [-0.3, -0.25) is 0 Å². The Morgan fingerprint density at radius 1 is 0.852 bits per heavy atom. The summed E-state index contributed by atoms with van der Waals surface area (Å²) in [5.74, 6) is 2.71. The number of benzene rings is 2. The first-order valence-electron chi connectivity index (χ1n) is 10.8. The third kappa shape index (κ3) is 4.54. The molecule has 3 unspecified atom stereocenters. The molecule has 146 valence electrons. The average Bonchev–Trinajstić information content (AvgIpc) is 2.72. The molecule has 2 aliphatic rings. The lowest BCUT2D eigenvalue weighted by molar-refractivity contribution is 0.221. The van der Waals surface area contributed by atoms with Gasteiger partial charge in [0.2, 0.25) is 0 Å². The van der Waals surface area contributed by atoms with Crippen molar-refractivity contribution >= 4 is 0 Å². The lowest BCUT2D eigenvalue weighted by atomic mass is 9.65. The second-order valence-corrected chi connectivity index (χ2v) is 8.00. The maximum absolute atomic E-state index is 3.00. The van der Waals surface area contributed by atoms with Gasteiger partial charge in [-0.25, -0.2) is 0 Å². The normalized spacial score (nSPS) is 22.9. The van der Waals surface area contributed by atoms with E-state index in [0.717, 1.165) is 17.8 Å². The number of fused-ring (bicyclic) bond motifs is 3. The summed E-state index contributed by atoms with van der Waals surface area (Å²) in [5, 5.41) is 0. The number of aryl methyl sites for hydroxylation is 1. The Labute approximate surface area is 167 Å². The van der Waals surface area contributed by atoms with Crippen molar-refractivity contribution in [3.05, 3.63) is 71.8 Å². The second-order valence-electron chi connectivity index (χ2n) is 8.00. The highest BCUT2D eigenvalue weighted by Gasteiger charge is 2.34. The number of hydrogen-bond donors (Lipinski definition) is 0. The highest BCUT2D eigenvalue weighted by atomic mass is 14.4. The van der Waals surface area contributed by atoms with Crippen molar-refractivity contribution in [2.45, 2.75) is 72.6 Å². The zero-order valence-electron chi connectivity index (χ0n) is 18.1. The summed E-state index contributed by atoms with van der Waals surface area (Å²) in [6.07, 6.45) is 6.96. The smallest absolute Gasteiger partial charge is 0.0130 e. The van der Waals surface area contributed by atoms with Crippen LogP contribution in [-0.4, -0.2) is 0 Å². The molecule has 0 saturated heterocycles. The Morgan fingerprint density at radius 3 is 2.19 bits per heavy atom. The fraction of sp³-hybridized carbons (Fsp3) is 0.481. The summed E-state index contributed by atoms with van der Waals surface area (Å²) in [7, 11) is 0. The average molecular weight is 363 g/mol. The van der Waals surface area contributed by atoms with Crippen LogP contribution in [0.4, 0.5) is 0 Å². The molecule has 2 aromatic carbocycles. The van der Waals surface area contributed by atoms with Gasteiger partial charge >= 0.3 is 0 Å². The number of rotatable bonds is 1. The maximum atomic E-state index is 3.00. The van der Waals surface area contributed by atoms with Gasteiger partial charge in [0.15, 0.2) is 0 Å². The van der Waals surface area contributed by atoms with Gasteiger partial charge in [0.1, 0.15) is 0 Å². The summed E-state index contributed by atoms with van der Waals surface area (Å²) < 4.78 is 0. The van der Waals surface area contributed by atoms with Crippen LogP contribution in [0.2, 0.25) is 0 Å². The Balaban J connectivity index is 0.000000614. The van der Waals surface area contributed by atoms with Crippen LogP contribution >= 0.6 is 0 Å². The first-order valence-corrected chi connectivity index (χ1v) is 10.8. The molecule has 0 heteroatoms. The molecule has 0 amide bonds. The van der Waals surface area contributed by atoms with E-state index < -0.39 is 0 Å². The van der Waals surface area contributed by atoms with Crippen LogP contribution in [0.25, 0.3) is 11.1 Å². The monoisotopic (exact) mass is 362 g/mol. The number of hydrogen-bond acceptors (Lipinski definition) is 0. The van der Waals surface area contributed by atoms with Crippen LogP contribution < -0.4 is 0 Å². The predicted molar refractivity (Wildman–Crippen MR) is 122 cm³/mol. The molecule has 1 fully saturated rings. The van der Waals surface area contributed by atoms with Crippen molar-refractivity contribution in [1.29, 1.82) is 0 Å². The zero-order valence-corrected chi connectivity index (χ0v) is 18.1. The van der Waals surface area contributed by atoms with Gasteiger partial charge < -0.3 is 0 Å². The van der Waals surface area contributed by atoms with Gasteiger partial charge in [0, 0.05) is 0 Å². The molecule has 0 bridgehead atoms. The van der Waals surface area contributed by atoms with E-state index >= 15 is 0 Å². The van der Waals surface area contributed by atoms with Gasteiger partial charge in [-0.2, -0.15) is 0 Å². The summed E-state index contributed by atoms with van der Waals surface area (Å²) in [6.45, 7) is 16.9. The summed E-state index contributed by atoms with van der Waals surface area (Å²) in [4.78, 5) is 0. The van der Waals surface area contributed by atoms with E-state index in [1.165, 1.54) is 54.4 Å². The highest BCUT2D eigenvalue weighted by Crippen LogP contribution is 2.48. The molecule has 0 aromatic heterocycles. The molecule has 27 heavy (non-hydrogen) atoms. The fourth-order valence-electron chi connectivity index (χ4n) is 5.06. The quantitative estimate of drug-likeness (QED) is 0.448. The standard InChI is InChI=1S/C23H28.C2H6.C2H4/c1-15-4-7-18(8-5-15)20-12-13-23-21(17(20)3)11-9-19-14-16(2)6-10-22(19)23;2*1-2/h4-5,7-8,12-13,16,19,22H,6,9-11,14H2,1-3H3;1-2H3;1-2H2. The van der Waals surface area contributed by atoms with Crippen molar-refractivity contribution in [2.75, 3.05) is 0 Å². The largest absolute Gasteiger partial charge is 0.106 e. The SMILES string of the molecule is C=C.CC.Cc1ccc(-c2ccc3c(c2C)CCC2CC(C)CCC32)cc1. The molecule has 3 atom stereocenters. The third-order valence-corrected chi connectivity index (χ3v) is 6.41. The molecule has 4 rings (SSSR count). The fourth-order valence-corrected chi connectivity index (χ4v) is 5.06. The van der Waals surface area contributed by atoms with Gasteiger partial charge in [0.05, 0.1) is 0 Å². The van der Waals surface area contributed by atoms with Crippen molar-refractivity contribution < 1.29 is 0 Å². The maximum Gasteiger partial charge on any atom is -0.0130 e. The minimum Gasteiger partial charge on any atom is -0.106 e. The van der Waals surface area contributed by atoms with Crippen LogP contribution in [0.3, 0.4) is 0 Å². The van der Waals surface area contributed by atoms with Crippen LogP contribution in [0, 0.1) is 25.7 Å². The van der Waals surface area contributed by atoms with Crippen molar-refractivity contribution in [3.63, 3.8) is 0 Å². The second kappa shape index (κ2) is 9.93. The van der Waals surface area contributed by atoms with Crippen LogP contribution in [0.15, 0.2) is 49.6 Å². The molecular weight excluding hydrogens is 324 g/mol. The summed E-state index contributed by atoms with van der Waals surface area (Å²) in [6, 6.07) is 13.9. The summed E-state index contributed by atoms with van der Waals surface area (Å²) in [5.41, 5.74) is 9.02. The molecule has 0 nitrogen and oxygen atoms in total. The van der Waals surface area contributed by atoms with Crippen LogP contribution in [0.1, 0.15) is 74.6 Å². The van der Waals surface area contributed by atoms with Crippen LogP contribution in [0.5, 0.6) is 0 Å². The van der Waals surface area contributed by atoms with Crippen LogP contribution in [-0.2, 0) is 6.42 Å². The minimum atomic E-state index is 0.834. The Hall–Kier alpha value is -1.82. The van der Waals surface area contributed by atoms with E-state index in [1.54, 1.807) is 11.1 Å². The predicted octanol–water partition coefficient (Wildman–Crippen LogP) is 8.26. The van der Waals surface area contributed by atoms with E-state index in [9.17, 15) is 0 Å². The van der Waals surface area contributed by atoms with Gasteiger partial charge in [0.25, 0.3) is 0 Å². The molecule has 0 aliphatic heterocycles. The van der Waals surface area contributed by atoms with Crippen molar-refractivity contribution in [1.82, 2.24) is 0 Å². The highest BCUT2D eigenvalue weighted by molar-refractivity contribution is 5.70. The van der Waals surface area contributed by atoms with Crippen molar-refractivity contribution in [2.24, 2.45) is 11.8 Å². The zero-order chi connectivity index (χ0) is 20.0. The molecular formula is C27H38. The molecule has 0 radical (unpaired) electrons. The molecule has 0 spiro atoms. The van der Waals surface area contributed by atoms with Gasteiger partial charge in [-0.15, -0.1) is 13.2 Å². The Morgan fingerprint density at radius 2 is 1.52 bits per heavy atom.